The molecule has 0 atom stereocenters. The Morgan fingerprint density at radius 3 is 2.71 bits per heavy atom. The zero-order valence-corrected chi connectivity index (χ0v) is 13.1. The van der Waals surface area contributed by atoms with E-state index in [1.165, 1.54) is 0 Å². The Bertz CT molecular complexity index is 885. The van der Waals surface area contributed by atoms with Crippen molar-refractivity contribution >= 4 is 22.4 Å². The summed E-state index contributed by atoms with van der Waals surface area (Å²) in [7, 11) is 0. The Kier molecular flexibility index (Phi) is 3.79. The van der Waals surface area contributed by atoms with E-state index in [2.05, 4.69) is 12.1 Å². The van der Waals surface area contributed by atoms with Crippen molar-refractivity contribution < 1.29 is 14.3 Å². The van der Waals surface area contributed by atoms with Crippen LogP contribution in [-0.2, 0) is 4.79 Å². The Balaban J connectivity index is 1.50. The zero-order chi connectivity index (χ0) is 16.4. The van der Waals surface area contributed by atoms with Crippen LogP contribution in [0.15, 0.2) is 66.7 Å². The van der Waals surface area contributed by atoms with Gasteiger partial charge in [-0.3, -0.25) is 4.79 Å². The molecule has 0 saturated heterocycles. The van der Waals surface area contributed by atoms with Gasteiger partial charge < -0.3 is 14.4 Å². The van der Waals surface area contributed by atoms with E-state index in [9.17, 15) is 4.79 Å². The third-order valence-electron chi connectivity index (χ3n) is 4.13. The highest BCUT2D eigenvalue weighted by atomic mass is 16.5. The normalized spacial score (nSPS) is 13.5. The first-order valence-electron chi connectivity index (χ1n) is 7.96. The van der Waals surface area contributed by atoms with Crippen LogP contribution in [0.1, 0.15) is 0 Å². The van der Waals surface area contributed by atoms with E-state index in [0.29, 0.717) is 13.2 Å². The fraction of sp³-hybridized carbons (Fsp3) is 0.150. The maximum atomic E-state index is 12.2. The van der Waals surface area contributed by atoms with Gasteiger partial charge in [0.25, 0.3) is 5.91 Å². The number of para-hydroxylation sites is 2. The third-order valence-corrected chi connectivity index (χ3v) is 4.13. The van der Waals surface area contributed by atoms with Crippen LogP contribution < -0.4 is 14.4 Å². The van der Waals surface area contributed by atoms with Crippen molar-refractivity contribution in [2.75, 3.05) is 24.7 Å². The molecule has 4 heteroatoms. The molecule has 0 radical (unpaired) electrons. The van der Waals surface area contributed by atoms with Crippen LogP contribution in [-0.4, -0.2) is 25.7 Å². The molecule has 3 aromatic carbocycles. The van der Waals surface area contributed by atoms with Crippen molar-refractivity contribution in [3.63, 3.8) is 0 Å². The number of benzene rings is 3. The van der Waals surface area contributed by atoms with Crippen LogP contribution in [0.3, 0.4) is 0 Å². The number of carbonyl (C=O) groups is 1. The van der Waals surface area contributed by atoms with Crippen LogP contribution in [0.2, 0.25) is 0 Å². The van der Waals surface area contributed by atoms with Crippen LogP contribution in [0.25, 0.3) is 10.8 Å². The fourth-order valence-corrected chi connectivity index (χ4v) is 2.97. The minimum Gasteiger partial charge on any atom is -0.491 e. The van der Waals surface area contributed by atoms with Gasteiger partial charge in [-0.2, -0.15) is 0 Å². The van der Waals surface area contributed by atoms with Crippen LogP contribution >= 0.6 is 0 Å². The summed E-state index contributed by atoms with van der Waals surface area (Å²) in [6, 6.07) is 21.7. The molecule has 1 aliphatic rings. The monoisotopic (exact) mass is 319 g/mol. The molecule has 0 bridgehead atoms. The largest absolute Gasteiger partial charge is 0.491 e. The highest BCUT2D eigenvalue weighted by molar-refractivity contribution is 5.97. The summed E-state index contributed by atoms with van der Waals surface area (Å²) in [5.41, 5.74) is 0.801. The van der Waals surface area contributed by atoms with Crippen molar-refractivity contribution in [3.05, 3.63) is 66.7 Å². The van der Waals surface area contributed by atoms with Gasteiger partial charge in [0.1, 0.15) is 18.1 Å². The number of hydrogen-bond acceptors (Lipinski definition) is 3. The van der Waals surface area contributed by atoms with E-state index in [-0.39, 0.29) is 12.5 Å². The van der Waals surface area contributed by atoms with Gasteiger partial charge in [-0.1, -0.05) is 48.5 Å². The van der Waals surface area contributed by atoms with Gasteiger partial charge in [0.05, 0.1) is 12.2 Å². The van der Waals surface area contributed by atoms with Crippen molar-refractivity contribution in [2.24, 2.45) is 0 Å². The lowest BCUT2D eigenvalue weighted by Gasteiger charge is -2.29. The summed E-state index contributed by atoms with van der Waals surface area (Å²) >= 11 is 0. The number of carbonyl (C=O) groups excluding carboxylic acids is 1. The van der Waals surface area contributed by atoms with Crippen LogP contribution in [0.4, 0.5) is 5.69 Å². The second-order valence-corrected chi connectivity index (χ2v) is 5.63. The molecule has 24 heavy (non-hydrogen) atoms. The number of hydrogen-bond donors (Lipinski definition) is 0. The van der Waals surface area contributed by atoms with Gasteiger partial charge in [-0.05, 0) is 23.6 Å². The first-order chi connectivity index (χ1) is 11.8. The first-order valence-corrected chi connectivity index (χ1v) is 7.96. The van der Waals surface area contributed by atoms with Crippen LogP contribution in [0.5, 0.6) is 11.5 Å². The zero-order valence-electron chi connectivity index (χ0n) is 13.1. The highest BCUT2D eigenvalue weighted by Gasteiger charge is 2.24. The van der Waals surface area contributed by atoms with E-state index in [4.69, 9.17) is 9.47 Å². The maximum absolute atomic E-state index is 12.2. The number of amides is 1. The van der Waals surface area contributed by atoms with Gasteiger partial charge in [-0.25, -0.2) is 0 Å². The summed E-state index contributed by atoms with van der Waals surface area (Å²) < 4.78 is 11.4. The molecule has 4 nitrogen and oxygen atoms in total. The summed E-state index contributed by atoms with van der Waals surface area (Å²) in [6.45, 7) is 0.988. The average molecular weight is 319 g/mol. The van der Waals surface area contributed by atoms with E-state index in [1.54, 1.807) is 4.90 Å². The van der Waals surface area contributed by atoms with Gasteiger partial charge >= 0.3 is 0 Å². The summed E-state index contributed by atoms with van der Waals surface area (Å²) in [5.74, 6) is 1.53. The molecule has 0 aromatic heterocycles. The number of nitrogens with zero attached hydrogens (tertiary/aromatic N) is 1. The van der Waals surface area contributed by atoms with Gasteiger partial charge in [0, 0.05) is 5.39 Å². The molecule has 0 saturated carbocycles. The second-order valence-electron chi connectivity index (χ2n) is 5.63. The Hall–Kier alpha value is -3.01. The molecule has 0 spiro atoms. The van der Waals surface area contributed by atoms with E-state index >= 15 is 0 Å². The lowest BCUT2D eigenvalue weighted by Crippen LogP contribution is -2.41. The van der Waals surface area contributed by atoms with E-state index < -0.39 is 0 Å². The molecule has 1 heterocycles. The lowest BCUT2D eigenvalue weighted by atomic mass is 10.1. The smallest absolute Gasteiger partial charge is 0.265 e. The molecular formula is C20H17NO3. The highest BCUT2D eigenvalue weighted by Crippen LogP contribution is 2.31. The molecule has 1 aliphatic heterocycles. The maximum Gasteiger partial charge on any atom is 0.265 e. The average Bonchev–Trinajstić information content (AvgIpc) is 2.64. The minimum absolute atomic E-state index is 0.0461. The molecule has 1 amide bonds. The molecule has 0 fully saturated rings. The molecule has 3 aromatic rings. The van der Waals surface area contributed by atoms with E-state index in [0.717, 1.165) is 28.0 Å². The fourth-order valence-electron chi connectivity index (χ4n) is 2.97. The van der Waals surface area contributed by atoms with Crippen molar-refractivity contribution in [1.82, 2.24) is 0 Å². The molecule has 4 rings (SSSR count). The van der Waals surface area contributed by atoms with Crippen LogP contribution in [0, 0.1) is 0 Å². The van der Waals surface area contributed by atoms with Crippen molar-refractivity contribution in [1.29, 1.82) is 0 Å². The molecule has 120 valence electrons. The number of rotatable bonds is 4. The van der Waals surface area contributed by atoms with E-state index in [1.807, 2.05) is 54.6 Å². The summed E-state index contributed by atoms with van der Waals surface area (Å²) in [5, 5.41) is 2.22. The Labute approximate surface area is 140 Å². The number of fused-ring (bicyclic) bond motifs is 2. The quantitative estimate of drug-likeness (QED) is 0.737. The molecule has 0 aliphatic carbocycles. The van der Waals surface area contributed by atoms with Crippen molar-refractivity contribution in [2.45, 2.75) is 0 Å². The van der Waals surface area contributed by atoms with Crippen molar-refractivity contribution in [3.8, 4) is 11.5 Å². The topological polar surface area (TPSA) is 38.8 Å². The third kappa shape index (κ3) is 2.67. The predicted octanol–water partition coefficient (Wildman–Crippen LogP) is 3.64. The Morgan fingerprint density at radius 2 is 1.75 bits per heavy atom. The summed E-state index contributed by atoms with van der Waals surface area (Å²) in [6.07, 6.45) is 0. The standard InChI is InChI=1S/C20H17NO3/c22-20-14-24-19-10-4-3-9-17(19)21(20)12-13-23-18-11-5-7-15-6-1-2-8-16(15)18/h1-11H,12-14H2. The van der Waals surface area contributed by atoms with Gasteiger partial charge in [0.15, 0.2) is 6.61 Å². The van der Waals surface area contributed by atoms with Gasteiger partial charge in [0.2, 0.25) is 0 Å². The SMILES string of the molecule is O=C1COc2ccccc2N1CCOc1cccc2ccccc12. The number of ether oxygens (including phenoxy) is 2. The molecule has 0 unspecified atom stereocenters. The lowest BCUT2D eigenvalue weighted by molar-refractivity contribution is -0.121. The minimum atomic E-state index is -0.0461. The molecule has 0 N–H and O–H groups in total. The first kappa shape index (κ1) is 14.6. The summed E-state index contributed by atoms with van der Waals surface area (Å²) in [4.78, 5) is 13.9. The molecular weight excluding hydrogens is 302 g/mol. The van der Waals surface area contributed by atoms with Gasteiger partial charge in [-0.15, -0.1) is 0 Å². The number of anilines is 1. The predicted molar refractivity (Wildman–Crippen MR) is 93.7 cm³/mol. The Morgan fingerprint density at radius 1 is 0.958 bits per heavy atom. The second kappa shape index (κ2) is 6.24.